The zero-order chi connectivity index (χ0) is 15.9. The number of fused-ring (bicyclic) bond motifs is 1. The fraction of sp³-hybridized carbons (Fsp3) is 0.125. The highest BCUT2D eigenvalue weighted by Gasteiger charge is 2.11. The molecule has 0 unspecified atom stereocenters. The van der Waals surface area contributed by atoms with Crippen LogP contribution >= 0.6 is 15.9 Å². The first-order chi connectivity index (χ1) is 10.4. The largest absolute Gasteiger partial charge is 0.392 e. The van der Waals surface area contributed by atoms with Crippen molar-refractivity contribution < 1.29 is 13.5 Å². The van der Waals surface area contributed by atoms with Crippen molar-refractivity contribution in [1.29, 1.82) is 0 Å². The third-order valence-corrected chi connectivity index (χ3v) is 5.18. The average Bonchev–Trinajstić information content (AvgIpc) is 2.84. The number of hydrogen-bond donors (Lipinski definition) is 1. The molecule has 3 aromatic rings. The summed E-state index contributed by atoms with van der Waals surface area (Å²) in [4.78, 5) is 0.290. The zero-order valence-corrected chi connectivity index (χ0v) is 14.2. The standard InChI is InChI=1S/C16H14BrNO3S/c1-22(20,21)14-5-3-13(4-6-14)18-9-11(10-19)15-8-12(17)2-7-16(15)18/h2-9,19H,10H2,1H3. The number of hydrogen-bond acceptors (Lipinski definition) is 3. The van der Waals surface area contributed by atoms with E-state index in [1.807, 2.05) is 29.0 Å². The molecule has 0 fully saturated rings. The number of nitrogens with zero attached hydrogens (tertiary/aromatic N) is 1. The number of aliphatic hydroxyl groups excluding tert-OH is 1. The quantitative estimate of drug-likeness (QED) is 0.759. The van der Waals surface area contributed by atoms with Crippen LogP contribution in [0.5, 0.6) is 0 Å². The summed E-state index contributed by atoms with van der Waals surface area (Å²) < 4.78 is 26.0. The van der Waals surface area contributed by atoms with Gasteiger partial charge in [-0.1, -0.05) is 15.9 Å². The number of halogens is 1. The molecular formula is C16H14BrNO3S. The molecule has 0 saturated carbocycles. The molecule has 114 valence electrons. The van der Waals surface area contributed by atoms with E-state index in [0.717, 1.165) is 26.6 Å². The fourth-order valence-corrected chi connectivity index (χ4v) is 3.46. The SMILES string of the molecule is CS(=O)(=O)c1ccc(-n2cc(CO)c3cc(Br)ccc32)cc1. The van der Waals surface area contributed by atoms with E-state index in [2.05, 4.69) is 15.9 Å². The third kappa shape index (κ3) is 2.69. The van der Waals surface area contributed by atoms with Crippen molar-refractivity contribution in [3.05, 3.63) is 58.7 Å². The first-order valence-corrected chi connectivity index (χ1v) is 9.29. The van der Waals surface area contributed by atoms with Crippen LogP contribution in [0.4, 0.5) is 0 Å². The Morgan fingerprint density at radius 3 is 2.41 bits per heavy atom. The molecule has 0 bridgehead atoms. The topological polar surface area (TPSA) is 59.3 Å². The molecule has 1 heterocycles. The summed E-state index contributed by atoms with van der Waals surface area (Å²) in [7, 11) is -3.20. The lowest BCUT2D eigenvalue weighted by Gasteiger charge is -2.06. The van der Waals surface area contributed by atoms with E-state index >= 15 is 0 Å². The van der Waals surface area contributed by atoms with Crippen LogP contribution in [-0.4, -0.2) is 24.3 Å². The molecule has 0 aliphatic carbocycles. The predicted octanol–water partition coefficient (Wildman–Crippen LogP) is 3.29. The summed E-state index contributed by atoms with van der Waals surface area (Å²) in [6, 6.07) is 12.6. The van der Waals surface area contributed by atoms with Crippen molar-refractivity contribution in [2.45, 2.75) is 11.5 Å². The molecule has 0 amide bonds. The minimum absolute atomic E-state index is 0.0542. The van der Waals surface area contributed by atoms with Gasteiger partial charge in [0.25, 0.3) is 0 Å². The van der Waals surface area contributed by atoms with Gasteiger partial charge in [-0.05, 0) is 42.5 Å². The van der Waals surface area contributed by atoms with E-state index in [9.17, 15) is 13.5 Å². The minimum atomic E-state index is -3.20. The molecular weight excluding hydrogens is 366 g/mol. The molecule has 0 spiro atoms. The highest BCUT2D eigenvalue weighted by molar-refractivity contribution is 9.10. The average molecular weight is 380 g/mol. The van der Waals surface area contributed by atoms with Gasteiger partial charge in [0.15, 0.2) is 9.84 Å². The van der Waals surface area contributed by atoms with Crippen LogP contribution in [0.3, 0.4) is 0 Å². The monoisotopic (exact) mass is 379 g/mol. The fourth-order valence-electron chi connectivity index (χ4n) is 2.46. The maximum atomic E-state index is 11.5. The molecule has 0 saturated heterocycles. The Balaban J connectivity index is 2.18. The summed E-state index contributed by atoms with van der Waals surface area (Å²) in [6.07, 6.45) is 3.06. The summed E-state index contributed by atoms with van der Waals surface area (Å²) in [6.45, 7) is -0.0542. The normalized spacial score (nSPS) is 12.0. The van der Waals surface area contributed by atoms with Gasteiger partial charge in [0.05, 0.1) is 17.0 Å². The van der Waals surface area contributed by atoms with E-state index in [0.29, 0.717) is 0 Å². The van der Waals surface area contributed by atoms with Gasteiger partial charge >= 0.3 is 0 Å². The van der Waals surface area contributed by atoms with E-state index in [1.54, 1.807) is 24.3 Å². The Labute approximate surface area is 137 Å². The lowest BCUT2D eigenvalue weighted by Crippen LogP contribution is -1.98. The molecule has 3 rings (SSSR count). The van der Waals surface area contributed by atoms with Crippen LogP contribution in [0.25, 0.3) is 16.6 Å². The summed E-state index contributed by atoms with van der Waals surface area (Å²) in [5.74, 6) is 0. The van der Waals surface area contributed by atoms with E-state index < -0.39 is 9.84 Å². The highest BCUT2D eigenvalue weighted by atomic mass is 79.9. The maximum absolute atomic E-state index is 11.5. The number of benzene rings is 2. The van der Waals surface area contributed by atoms with E-state index in [-0.39, 0.29) is 11.5 Å². The first kappa shape index (κ1) is 15.3. The van der Waals surface area contributed by atoms with Gasteiger partial charge in [-0.2, -0.15) is 0 Å². The zero-order valence-electron chi connectivity index (χ0n) is 11.8. The Hall–Kier alpha value is -1.63. The van der Waals surface area contributed by atoms with Crippen LogP contribution in [0, 0.1) is 0 Å². The predicted molar refractivity (Wildman–Crippen MR) is 90.0 cm³/mol. The lowest BCUT2D eigenvalue weighted by atomic mass is 10.2. The molecule has 0 aliphatic rings. The van der Waals surface area contributed by atoms with E-state index in [1.165, 1.54) is 6.26 Å². The van der Waals surface area contributed by atoms with Crippen molar-refractivity contribution in [3.63, 3.8) is 0 Å². The molecule has 22 heavy (non-hydrogen) atoms. The van der Waals surface area contributed by atoms with Crippen molar-refractivity contribution in [2.75, 3.05) is 6.26 Å². The molecule has 0 aliphatic heterocycles. The lowest BCUT2D eigenvalue weighted by molar-refractivity contribution is 0.283. The summed E-state index contributed by atoms with van der Waals surface area (Å²) >= 11 is 3.44. The first-order valence-electron chi connectivity index (χ1n) is 6.61. The van der Waals surface area contributed by atoms with Crippen LogP contribution in [0.1, 0.15) is 5.56 Å². The second-order valence-corrected chi connectivity index (χ2v) is 8.04. The Morgan fingerprint density at radius 1 is 1.14 bits per heavy atom. The third-order valence-electron chi connectivity index (χ3n) is 3.56. The van der Waals surface area contributed by atoms with Crippen molar-refractivity contribution in [2.24, 2.45) is 0 Å². The van der Waals surface area contributed by atoms with E-state index in [4.69, 9.17) is 0 Å². The van der Waals surface area contributed by atoms with Gasteiger partial charge in [0, 0.05) is 33.6 Å². The number of sulfone groups is 1. The molecule has 1 N–H and O–H groups in total. The van der Waals surface area contributed by atoms with Crippen molar-refractivity contribution >= 4 is 36.7 Å². The van der Waals surface area contributed by atoms with Crippen molar-refractivity contribution in [3.8, 4) is 5.69 Å². The van der Waals surface area contributed by atoms with Gasteiger partial charge in [-0.25, -0.2) is 8.42 Å². The summed E-state index contributed by atoms with van der Waals surface area (Å²) in [5, 5.41) is 10.5. The molecule has 0 radical (unpaired) electrons. The minimum Gasteiger partial charge on any atom is -0.392 e. The van der Waals surface area contributed by atoms with Gasteiger partial charge in [0.1, 0.15) is 0 Å². The highest BCUT2D eigenvalue weighted by Crippen LogP contribution is 2.28. The molecule has 1 aromatic heterocycles. The van der Waals surface area contributed by atoms with Gasteiger partial charge in [-0.3, -0.25) is 0 Å². The van der Waals surface area contributed by atoms with Gasteiger partial charge in [-0.15, -0.1) is 0 Å². The second-order valence-electron chi connectivity index (χ2n) is 5.11. The Bertz CT molecular complexity index is 943. The number of aromatic nitrogens is 1. The van der Waals surface area contributed by atoms with Crippen LogP contribution in [0.2, 0.25) is 0 Å². The smallest absolute Gasteiger partial charge is 0.175 e. The number of rotatable bonds is 3. The van der Waals surface area contributed by atoms with Gasteiger partial charge < -0.3 is 9.67 Å². The summed E-state index contributed by atoms with van der Waals surface area (Å²) in [5.41, 5.74) is 2.63. The van der Waals surface area contributed by atoms with Crippen LogP contribution in [0.15, 0.2) is 58.0 Å². The molecule has 0 atom stereocenters. The molecule has 4 nitrogen and oxygen atoms in total. The number of aliphatic hydroxyl groups is 1. The van der Waals surface area contributed by atoms with Crippen LogP contribution in [-0.2, 0) is 16.4 Å². The molecule has 6 heteroatoms. The van der Waals surface area contributed by atoms with Crippen LogP contribution < -0.4 is 0 Å². The molecule has 2 aromatic carbocycles. The van der Waals surface area contributed by atoms with Gasteiger partial charge in [0.2, 0.25) is 0 Å². The van der Waals surface area contributed by atoms with Crippen molar-refractivity contribution in [1.82, 2.24) is 4.57 Å². The maximum Gasteiger partial charge on any atom is 0.175 e. The Morgan fingerprint density at radius 2 is 1.82 bits per heavy atom. The second kappa shape index (κ2) is 5.53. The Kier molecular flexibility index (Phi) is 3.84.